The maximum atomic E-state index is 13.4. The van der Waals surface area contributed by atoms with E-state index in [4.69, 9.17) is 9.47 Å². The Balaban J connectivity index is 1.87. The van der Waals surface area contributed by atoms with Crippen LogP contribution in [-0.4, -0.2) is 40.9 Å². The number of aromatic nitrogens is 1. The summed E-state index contributed by atoms with van der Waals surface area (Å²) in [4.78, 5) is 17.6. The summed E-state index contributed by atoms with van der Waals surface area (Å²) >= 11 is 3.47. The van der Waals surface area contributed by atoms with E-state index >= 15 is 0 Å². The highest BCUT2D eigenvalue weighted by atomic mass is 79.9. The summed E-state index contributed by atoms with van der Waals surface area (Å²) < 4.78 is 13.0. The van der Waals surface area contributed by atoms with E-state index in [0.717, 1.165) is 10.0 Å². The van der Waals surface area contributed by atoms with Crippen LogP contribution in [0.5, 0.6) is 11.5 Å². The van der Waals surface area contributed by atoms with Gasteiger partial charge in [0.25, 0.3) is 0 Å². The monoisotopic (exact) mass is 524 g/mol. The van der Waals surface area contributed by atoms with Crippen molar-refractivity contribution in [2.75, 3.05) is 13.7 Å². The van der Waals surface area contributed by atoms with Gasteiger partial charge in [0.05, 0.1) is 31.0 Å². The molecule has 1 aliphatic heterocycles. The average Bonchev–Trinajstić information content (AvgIpc) is 3.23. The first-order chi connectivity index (χ1) is 16.4. The number of nitrogens with zero attached hydrogens (tertiary/aromatic N) is 1. The van der Waals surface area contributed by atoms with Crippen molar-refractivity contribution < 1.29 is 24.5 Å². The molecule has 8 heteroatoms. The Morgan fingerprint density at radius 1 is 1.18 bits per heavy atom. The predicted octanol–water partition coefficient (Wildman–Crippen LogP) is 3.24. The summed E-state index contributed by atoms with van der Waals surface area (Å²) in [7, 11) is 1.47. The number of benzene rings is 2. The number of aliphatic hydroxyl groups is 2. The van der Waals surface area contributed by atoms with Gasteiger partial charge in [-0.05, 0) is 30.2 Å². The molecule has 5 rings (SSSR count). The number of carbonyl (C=O) groups is 1. The second-order valence-corrected chi connectivity index (χ2v) is 9.50. The first-order valence-corrected chi connectivity index (χ1v) is 11.9. The van der Waals surface area contributed by atoms with E-state index < -0.39 is 29.1 Å². The second kappa shape index (κ2) is 8.37. The van der Waals surface area contributed by atoms with E-state index in [2.05, 4.69) is 26.2 Å². The zero-order chi connectivity index (χ0) is 24.1. The van der Waals surface area contributed by atoms with Gasteiger partial charge in [-0.25, -0.2) is 0 Å². The zero-order valence-electron chi connectivity index (χ0n) is 18.7. The second-order valence-electron chi connectivity index (χ2n) is 8.58. The van der Waals surface area contributed by atoms with Crippen molar-refractivity contribution in [1.82, 2.24) is 10.3 Å². The SMILES string of the molecule is CCNC(=O)[C@@H]1[C@@H](c2ccccc2)C2(c3ccc(Br)cc3)Oc3cncc(OC)c3[C@]2(O)[C@@H]1O. The molecule has 5 atom stereocenters. The van der Waals surface area contributed by atoms with Crippen LogP contribution in [-0.2, 0) is 16.0 Å². The van der Waals surface area contributed by atoms with E-state index in [1.165, 1.54) is 19.5 Å². The fourth-order valence-electron chi connectivity index (χ4n) is 5.68. The molecular formula is C26H25BrN2O5. The smallest absolute Gasteiger partial charge is 0.226 e. The predicted molar refractivity (Wildman–Crippen MR) is 128 cm³/mol. The van der Waals surface area contributed by atoms with E-state index in [1.807, 2.05) is 61.5 Å². The molecule has 176 valence electrons. The third kappa shape index (κ3) is 2.95. The van der Waals surface area contributed by atoms with Crippen molar-refractivity contribution in [2.45, 2.75) is 30.1 Å². The molecule has 0 spiro atoms. The van der Waals surface area contributed by atoms with Crippen LogP contribution in [0.15, 0.2) is 71.5 Å². The molecule has 34 heavy (non-hydrogen) atoms. The maximum absolute atomic E-state index is 13.4. The fraction of sp³-hybridized carbons (Fsp3) is 0.308. The van der Waals surface area contributed by atoms with Crippen LogP contribution >= 0.6 is 15.9 Å². The lowest BCUT2D eigenvalue weighted by Gasteiger charge is -2.40. The number of carbonyl (C=O) groups excluding carboxylic acids is 1. The Labute approximate surface area is 205 Å². The quantitative estimate of drug-likeness (QED) is 0.473. The zero-order valence-corrected chi connectivity index (χ0v) is 20.3. The first kappa shape index (κ1) is 22.8. The normalized spacial score (nSPS) is 29.1. The number of fused-ring (bicyclic) bond motifs is 3. The van der Waals surface area contributed by atoms with Crippen LogP contribution in [0, 0.1) is 5.92 Å². The van der Waals surface area contributed by atoms with Crippen molar-refractivity contribution in [3.63, 3.8) is 0 Å². The van der Waals surface area contributed by atoms with Gasteiger partial charge in [-0.3, -0.25) is 9.78 Å². The average molecular weight is 525 g/mol. The van der Waals surface area contributed by atoms with Crippen LogP contribution in [0.25, 0.3) is 0 Å². The molecule has 0 radical (unpaired) electrons. The highest BCUT2D eigenvalue weighted by molar-refractivity contribution is 9.10. The topological polar surface area (TPSA) is 101 Å². The molecule has 0 bridgehead atoms. The summed E-state index contributed by atoms with van der Waals surface area (Å²) in [6.45, 7) is 2.20. The summed E-state index contributed by atoms with van der Waals surface area (Å²) in [5, 5.41) is 27.2. The van der Waals surface area contributed by atoms with E-state index in [1.54, 1.807) is 0 Å². The molecule has 0 saturated heterocycles. The Morgan fingerprint density at radius 3 is 2.53 bits per heavy atom. The number of hydrogen-bond acceptors (Lipinski definition) is 6. The lowest BCUT2D eigenvalue weighted by molar-refractivity contribution is -0.154. The van der Waals surface area contributed by atoms with Crippen molar-refractivity contribution in [3.8, 4) is 11.5 Å². The van der Waals surface area contributed by atoms with E-state index in [0.29, 0.717) is 17.9 Å². The maximum Gasteiger partial charge on any atom is 0.226 e. The third-order valence-corrected chi connectivity index (χ3v) is 7.49. The highest BCUT2D eigenvalue weighted by Crippen LogP contribution is 2.69. The number of hydrogen-bond donors (Lipinski definition) is 3. The Morgan fingerprint density at radius 2 is 1.88 bits per heavy atom. The van der Waals surface area contributed by atoms with Crippen LogP contribution < -0.4 is 14.8 Å². The van der Waals surface area contributed by atoms with Crippen LogP contribution in [0.3, 0.4) is 0 Å². The molecular weight excluding hydrogens is 500 g/mol. The van der Waals surface area contributed by atoms with Gasteiger partial charge in [0.15, 0.2) is 11.2 Å². The van der Waals surface area contributed by atoms with Crippen molar-refractivity contribution in [1.29, 1.82) is 0 Å². The van der Waals surface area contributed by atoms with Gasteiger partial charge in [-0.2, -0.15) is 0 Å². The molecule has 2 aliphatic rings. The molecule has 2 heterocycles. The van der Waals surface area contributed by atoms with Crippen LogP contribution in [0.4, 0.5) is 0 Å². The van der Waals surface area contributed by atoms with Crippen molar-refractivity contribution in [2.24, 2.45) is 5.92 Å². The van der Waals surface area contributed by atoms with Crippen molar-refractivity contribution in [3.05, 3.63) is 88.2 Å². The van der Waals surface area contributed by atoms with Gasteiger partial charge >= 0.3 is 0 Å². The summed E-state index contributed by atoms with van der Waals surface area (Å²) in [5.74, 6) is -1.50. The summed E-state index contributed by atoms with van der Waals surface area (Å²) in [5.41, 5.74) is -1.86. The number of nitrogens with one attached hydrogen (secondary N) is 1. The lowest BCUT2D eigenvalue weighted by Crippen LogP contribution is -2.52. The number of halogens is 1. The van der Waals surface area contributed by atoms with Gasteiger partial charge in [0.2, 0.25) is 5.91 Å². The highest BCUT2D eigenvalue weighted by Gasteiger charge is 2.78. The molecule has 1 fully saturated rings. The molecule has 1 saturated carbocycles. The van der Waals surface area contributed by atoms with Gasteiger partial charge < -0.3 is 25.0 Å². The van der Waals surface area contributed by atoms with Gasteiger partial charge in [-0.15, -0.1) is 0 Å². The lowest BCUT2D eigenvalue weighted by atomic mass is 9.70. The summed E-state index contributed by atoms with van der Waals surface area (Å²) in [6.07, 6.45) is 1.48. The minimum absolute atomic E-state index is 0.279. The Bertz CT molecular complexity index is 1220. The van der Waals surface area contributed by atoms with Crippen LogP contribution in [0.2, 0.25) is 0 Å². The minimum atomic E-state index is -2.00. The standard InChI is InChI=1S/C26H25BrN2O5/c1-3-29-24(31)20-21(15-7-5-4-6-8-15)26(16-9-11-17(27)12-10-16)25(32,23(20)30)22-18(33-2)13-28-14-19(22)34-26/h4-14,20-21,23,30,32H,3H2,1-2H3,(H,29,31)/t20-,21-,23-,25+,26?/m1/s1. The van der Waals surface area contributed by atoms with Gasteiger partial charge in [0.1, 0.15) is 17.6 Å². The number of ether oxygens (including phenoxy) is 2. The Hall–Kier alpha value is -2.94. The fourth-order valence-corrected chi connectivity index (χ4v) is 5.94. The number of rotatable bonds is 5. The Kier molecular flexibility index (Phi) is 5.62. The molecule has 1 unspecified atom stereocenters. The van der Waals surface area contributed by atoms with Gasteiger partial charge in [0, 0.05) is 16.9 Å². The molecule has 1 amide bonds. The third-order valence-electron chi connectivity index (χ3n) is 6.97. The molecule has 1 aromatic heterocycles. The molecule has 1 aliphatic carbocycles. The van der Waals surface area contributed by atoms with Crippen LogP contribution in [0.1, 0.15) is 29.5 Å². The largest absolute Gasteiger partial charge is 0.495 e. The van der Waals surface area contributed by atoms with Gasteiger partial charge in [-0.1, -0.05) is 58.4 Å². The molecule has 3 aromatic rings. The summed E-state index contributed by atoms with van der Waals surface area (Å²) in [6, 6.07) is 16.8. The van der Waals surface area contributed by atoms with Crippen molar-refractivity contribution >= 4 is 21.8 Å². The number of amides is 1. The number of pyridine rings is 1. The molecule has 2 aromatic carbocycles. The van der Waals surface area contributed by atoms with E-state index in [9.17, 15) is 15.0 Å². The number of methoxy groups -OCH3 is 1. The molecule has 7 nitrogen and oxygen atoms in total. The minimum Gasteiger partial charge on any atom is -0.495 e. The van der Waals surface area contributed by atoms with E-state index in [-0.39, 0.29) is 17.2 Å². The number of aliphatic hydroxyl groups excluding tert-OH is 1. The first-order valence-electron chi connectivity index (χ1n) is 11.1. The molecule has 3 N–H and O–H groups in total.